The topological polar surface area (TPSA) is 49.4 Å². The SMILES string of the molecule is CNC(=O)c1ccc(CN(C)C(=O)c2cc(Br)ccc2F)cc1. The molecule has 0 atom stereocenters. The van der Waals surface area contributed by atoms with Gasteiger partial charge < -0.3 is 10.2 Å². The molecule has 1 N–H and O–H groups in total. The first kappa shape index (κ1) is 17.1. The fourth-order valence-electron chi connectivity index (χ4n) is 2.12. The number of halogens is 2. The lowest BCUT2D eigenvalue weighted by Crippen LogP contribution is -2.27. The second-order valence-corrected chi connectivity index (χ2v) is 5.98. The van der Waals surface area contributed by atoms with Gasteiger partial charge in [-0.25, -0.2) is 4.39 Å². The minimum Gasteiger partial charge on any atom is -0.355 e. The van der Waals surface area contributed by atoms with Gasteiger partial charge in [0.1, 0.15) is 5.82 Å². The van der Waals surface area contributed by atoms with Crippen molar-refractivity contribution >= 4 is 27.7 Å². The Bertz CT molecular complexity index is 732. The second-order valence-electron chi connectivity index (χ2n) is 5.06. The van der Waals surface area contributed by atoms with E-state index in [0.29, 0.717) is 16.6 Å². The lowest BCUT2D eigenvalue weighted by Gasteiger charge is -2.18. The fourth-order valence-corrected chi connectivity index (χ4v) is 2.48. The zero-order valence-electron chi connectivity index (χ0n) is 12.8. The van der Waals surface area contributed by atoms with Crippen LogP contribution in [0.5, 0.6) is 0 Å². The first-order valence-corrected chi connectivity index (χ1v) is 7.73. The quantitative estimate of drug-likeness (QED) is 0.887. The van der Waals surface area contributed by atoms with Gasteiger partial charge in [0.15, 0.2) is 0 Å². The molecule has 0 bridgehead atoms. The Morgan fingerprint density at radius 1 is 1.17 bits per heavy atom. The molecule has 0 fully saturated rings. The van der Waals surface area contributed by atoms with Crippen LogP contribution < -0.4 is 5.32 Å². The predicted octanol–water partition coefficient (Wildman–Crippen LogP) is 3.22. The molecule has 0 aliphatic carbocycles. The highest BCUT2D eigenvalue weighted by atomic mass is 79.9. The van der Waals surface area contributed by atoms with Crippen LogP contribution in [-0.4, -0.2) is 30.8 Å². The average molecular weight is 379 g/mol. The molecule has 0 aliphatic rings. The van der Waals surface area contributed by atoms with Gasteiger partial charge in [0.2, 0.25) is 0 Å². The van der Waals surface area contributed by atoms with Crippen molar-refractivity contribution in [2.24, 2.45) is 0 Å². The maximum atomic E-state index is 13.8. The molecule has 0 aliphatic heterocycles. The van der Waals surface area contributed by atoms with Crippen molar-refractivity contribution in [2.75, 3.05) is 14.1 Å². The highest BCUT2D eigenvalue weighted by molar-refractivity contribution is 9.10. The van der Waals surface area contributed by atoms with Crippen molar-refractivity contribution in [3.8, 4) is 0 Å². The minimum absolute atomic E-state index is 0.0175. The monoisotopic (exact) mass is 378 g/mol. The van der Waals surface area contributed by atoms with E-state index in [1.165, 1.54) is 17.0 Å². The van der Waals surface area contributed by atoms with Crippen LogP contribution in [0.1, 0.15) is 26.3 Å². The Labute approximate surface area is 142 Å². The third-order valence-corrected chi connectivity index (χ3v) is 3.86. The van der Waals surface area contributed by atoms with Crippen molar-refractivity contribution < 1.29 is 14.0 Å². The van der Waals surface area contributed by atoms with Gasteiger partial charge >= 0.3 is 0 Å². The normalized spacial score (nSPS) is 10.3. The largest absolute Gasteiger partial charge is 0.355 e. The third-order valence-electron chi connectivity index (χ3n) is 3.37. The number of benzene rings is 2. The number of nitrogens with zero attached hydrogens (tertiary/aromatic N) is 1. The van der Waals surface area contributed by atoms with E-state index in [1.54, 1.807) is 44.4 Å². The average Bonchev–Trinajstić information content (AvgIpc) is 2.56. The number of carbonyl (C=O) groups is 2. The Kier molecular flexibility index (Phi) is 5.50. The van der Waals surface area contributed by atoms with Crippen molar-refractivity contribution in [1.82, 2.24) is 10.2 Å². The van der Waals surface area contributed by atoms with Crippen LogP contribution >= 0.6 is 15.9 Å². The molecule has 0 spiro atoms. The molecular weight excluding hydrogens is 363 g/mol. The summed E-state index contributed by atoms with van der Waals surface area (Å²) in [6.07, 6.45) is 0. The zero-order valence-corrected chi connectivity index (χ0v) is 14.4. The zero-order chi connectivity index (χ0) is 17.0. The van der Waals surface area contributed by atoms with Gasteiger partial charge in [-0.05, 0) is 35.9 Å². The van der Waals surface area contributed by atoms with Crippen LogP contribution in [0.4, 0.5) is 4.39 Å². The summed E-state index contributed by atoms with van der Waals surface area (Å²) >= 11 is 3.23. The van der Waals surface area contributed by atoms with E-state index < -0.39 is 11.7 Å². The standard InChI is InChI=1S/C17H16BrFN2O2/c1-20-16(22)12-5-3-11(4-6-12)10-21(2)17(23)14-9-13(18)7-8-15(14)19/h3-9H,10H2,1-2H3,(H,20,22). The van der Waals surface area contributed by atoms with Crippen LogP contribution in [0, 0.1) is 5.82 Å². The number of rotatable bonds is 4. The molecule has 0 unspecified atom stereocenters. The van der Waals surface area contributed by atoms with E-state index in [-0.39, 0.29) is 11.5 Å². The van der Waals surface area contributed by atoms with Crippen molar-refractivity contribution in [2.45, 2.75) is 6.54 Å². The summed E-state index contributed by atoms with van der Waals surface area (Å²) < 4.78 is 14.4. The predicted molar refractivity (Wildman–Crippen MR) is 89.7 cm³/mol. The maximum absolute atomic E-state index is 13.8. The minimum atomic E-state index is -0.556. The molecule has 23 heavy (non-hydrogen) atoms. The van der Waals surface area contributed by atoms with Crippen molar-refractivity contribution in [1.29, 1.82) is 0 Å². The van der Waals surface area contributed by atoms with E-state index in [0.717, 1.165) is 5.56 Å². The maximum Gasteiger partial charge on any atom is 0.256 e. The molecule has 0 aromatic heterocycles. The number of hydrogen-bond donors (Lipinski definition) is 1. The van der Waals surface area contributed by atoms with Crippen LogP contribution in [0.3, 0.4) is 0 Å². The van der Waals surface area contributed by atoms with Crippen LogP contribution in [-0.2, 0) is 6.54 Å². The molecule has 0 saturated heterocycles. The molecule has 2 aromatic rings. The summed E-state index contributed by atoms with van der Waals surface area (Å²) in [7, 11) is 3.17. The lowest BCUT2D eigenvalue weighted by molar-refractivity contribution is 0.0780. The molecule has 2 amide bonds. The van der Waals surface area contributed by atoms with Gasteiger partial charge in [-0.1, -0.05) is 28.1 Å². The van der Waals surface area contributed by atoms with Crippen LogP contribution in [0.2, 0.25) is 0 Å². The van der Waals surface area contributed by atoms with E-state index in [1.807, 2.05) is 0 Å². The third kappa shape index (κ3) is 4.16. The van der Waals surface area contributed by atoms with Gasteiger partial charge in [0, 0.05) is 30.7 Å². The highest BCUT2D eigenvalue weighted by Crippen LogP contribution is 2.18. The molecule has 2 aromatic carbocycles. The lowest BCUT2D eigenvalue weighted by atomic mass is 10.1. The van der Waals surface area contributed by atoms with Crippen LogP contribution in [0.25, 0.3) is 0 Å². The smallest absolute Gasteiger partial charge is 0.256 e. The summed E-state index contributed by atoms with van der Waals surface area (Å²) in [4.78, 5) is 25.3. The molecule has 0 heterocycles. The summed E-state index contributed by atoms with van der Waals surface area (Å²) in [5, 5.41) is 2.54. The summed E-state index contributed by atoms with van der Waals surface area (Å²) in [5.41, 5.74) is 1.41. The molecule has 120 valence electrons. The number of nitrogens with one attached hydrogen (secondary N) is 1. The second kappa shape index (κ2) is 7.37. The first-order valence-electron chi connectivity index (χ1n) is 6.94. The Balaban J connectivity index is 2.12. The Morgan fingerprint density at radius 3 is 2.43 bits per heavy atom. The summed E-state index contributed by atoms with van der Waals surface area (Å²) in [6.45, 7) is 0.318. The van der Waals surface area contributed by atoms with E-state index in [9.17, 15) is 14.0 Å². The number of hydrogen-bond acceptors (Lipinski definition) is 2. The highest BCUT2D eigenvalue weighted by Gasteiger charge is 2.17. The van der Waals surface area contributed by atoms with Gasteiger partial charge in [0.25, 0.3) is 11.8 Å². The molecule has 0 saturated carbocycles. The Hall–Kier alpha value is -2.21. The van der Waals surface area contributed by atoms with Gasteiger partial charge in [-0.3, -0.25) is 9.59 Å². The van der Waals surface area contributed by atoms with E-state index >= 15 is 0 Å². The molecular formula is C17H16BrFN2O2. The van der Waals surface area contributed by atoms with E-state index in [2.05, 4.69) is 21.2 Å². The first-order chi connectivity index (χ1) is 10.9. The molecule has 4 nitrogen and oxygen atoms in total. The number of carbonyl (C=O) groups excluding carboxylic acids is 2. The van der Waals surface area contributed by atoms with E-state index in [4.69, 9.17) is 0 Å². The van der Waals surface area contributed by atoms with Crippen molar-refractivity contribution in [3.63, 3.8) is 0 Å². The Morgan fingerprint density at radius 2 is 1.83 bits per heavy atom. The van der Waals surface area contributed by atoms with Crippen LogP contribution in [0.15, 0.2) is 46.9 Å². The van der Waals surface area contributed by atoms with Crippen molar-refractivity contribution in [3.05, 3.63) is 69.4 Å². The molecule has 6 heteroatoms. The van der Waals surface area contributed by atoms with Gasteiger partial charge in [-0.2, -0.15) is 0 Å². The van der Waals surface area contributed by atoms with Gasteiger partial charge in [-0.15, -0.1) is 0 Å². The summed E-state index contributed by atoms with van der Waals surface area (Å²) in [5.74, 6) is -1.13. The molecule has 2 rings (SSSR count). The number of amides is 2. The molecule has 0 radical (unpaired) electrons. The fraction of sp³-hybridized carbons (Fsp3) is 0.176. The summed E-state index contributed by atoms with van der Waals surface area (Å²) in [6, 6.07) is 11.2. The van der Waals surface area contributed by atoms with Gasteiger partial charge in [0.05, 0.1) is 5.56 Å².